The Morgan fingerprint density at radius 1 is 1.20 bits per heavy atom. The minimum absolute atomic E-state index is 0.112. The van der Waals surface area contributed by atoms with Crippen LogP contribution in [0.4, 0.5) is 0 Å². The summed E-state index contributed by atoms with van der Waals surface area (Å²) in [5, 5.41) is 2.75. The third kappa shape index (κ3) is 4.59. The molecule has 0 fully saturated rings. The van der Waals surface area contributed by atoms with Crippen molar-refractivity contribution in [2.75, 3.05) is 14.2 Å². The first-order chi connectivity index (χ1) is 6.93. The van der Waals surface area contributed by atoms with Gasteiger partial charge in [-0.1, -0.05) is 13.8 Å². The second-order valence-corrected chi connectivity index (χ2v) is 3.91. The Labute approximate surface area is 91.3 Å². The molecule has 0 aromatic rings. The molecule has 0 heterocycles. The van der Waals surface area contributed by atoms with Crippen molar-refractivity contribution in [2.24, 2.45) is 11.7 Å². The molecule has 0 saturated heterocycles. The highest BCUT2D eigenvalue weighted by molar-refractivity contribution is 5.82. The lowest BCUT2D eigenvalue weighted by molar-refractivity contribution is -0.137. The summed E-state index contributed by atoms with van der Waals surface area (Å²) in [5.41, 5.74) is 5.70. The normalized spacial score (nSPS) is 15.5. The van der Waals surface area contributed by atoms with Gasteiger partial charge in [0.05, 0.1) is 12.1 Å². The summed E-state index contributed by atoms with van der Waals surface area (Å²) in [7, 11) is 3.05. The van der Waals surface area contributed by atoms with E-state index in [1.807, 2.05) is 20.8 Å². The summed E-state index contributed by atoms with van der Waals surface area (Å²) >= 11 is 0. The van der Waals surface area contributed by atoms with E-state index in [9.17, 15) is 4.79 Å². The molecule has 1 amide bonds. The second kappa shape index (κ2) is 6.76. The largest absolute Gasteiger partial charge is 0.354 e. The zero-order valence-electron chi connectivity index (χ0n) is 10.1. The lowest BCUT2D eigenvalue weighted by Gasteiger charge is -2.24. The summed E-state index contributed by atoms with van der Waals surface area (Å²) in [5.74, 6) is -0.0719. The van der Waals surface area contributed by atoms with Crippen molar-refractivity contribution in [3.63, 3.8) is 0 Å². The van der Waals surface area contributed by atoms with Gasteiger partial charge in [-0.3, -0.25) is 4.79 Å². The van der Waals surface area contributed by atoms with Gasteiger partial charge in [0.2, 0.25) is 5.91 Å². The van der Waals surface area contributed by atoms with Gasteiger partial charge in [-0.05, 0) is 12.8 Å². The molecule has 0 saturated carbocycles. The lowest BCUT2D eigenvalue weighted by atomic mass is 10.0. The van der Waals surface area contributed by atoms with Crippen LogP contribution in [0.1, 0.15) is 20.8 Å². The van der Waals surface area contributed by atoms with Crippen molar-refractivity contribution < 1.29 is 14.3 Å². The molecule has 90 valence electrons. The smallest absolute Gasteiger partial charge is 0.237 e. The SMILES string of the molecule is COC(OC)C(C)NC(=O)C(N)C(C)C. The van der Waals surface area contributed by atoms with Gasteiger partial charge in [-0.2, -0.15) is 0 Å². The van der Waals surface area contributed by atoms with Crippen molar-refractivity contribution >= 4 is 5.91 Å². The van der Waals surface area contributed by atoms with Crippen molar-refractivity contribution in [3.05, 3.63) is 0 Å². The molecule has 2 unspecified atom stereocenters. The number of rotatable bonds is 6. The highest BCUT2D eigenvalue weighted by atomic mass is 16.7. The molecule has 5 nitrogen and oxygen atoms in total. The van der Waals surface area contributed by atoms with Gasteiger partial charge in [0.1, 0.15) is 0 Å². The third-order valence-electron chi connectivity index (χ3n) is 2.26. The molecule has 3 N–H and O–H groups in total. The molecule has 0 bridgehead atoms. The van der Waals surface area contributed by atoms with E-state index >= 15 is 0 Å². The van der Waals surface area contributed by atoms with Crippen LogP contribution in [0, 0.1) is 5.92 Å². The van der Waals surface area contributed by atoms with E-state index in [-0.39, 0.29) is 17.9 Å². The predicted octanol–water partition coefficient (Wildman–Crippen LogP) is 0.0933. The fourth-order valence-electron chi connectivity index (χ4n) is 1.20. The maximum absolute atomic E-state index is 11.6. The Bertz CT molecular complexity index is 193. The van der Waals surface area contributed by atoms with Crippen LogP contribution < -0.4 is 11.1 Å². The number of nitrogens with two attached hydrogens (primary N) is 1. The Kier molecular flexibility index (Phi) is 6.47. The third-order valence-corrected chi connectivity index (χ3v) is 2.26. The van der Waals surface area contributed by atoms with Crippen molar-refractivity contribution in [3.8, 4) is 0 Å². The summed E-state index contributed by atoms with van der Waals surface area (Å²) in [4.78, 5) is 11.6. The Hall–Kier alpha value is -0.650. The first-order valence-corrected chi connectivity index (χ1v) is 5.05. The van der Waals surface area contributed by atoms with Crippen LogP contribution in [0.2, 0.25) is 0 Å². The van der Waals surface area contributed by atoms with E-state index in [4.69, 9.17) is 15.2 Å². The average Bonchev–Trinajstić information content (AvgIpc) is 2.18. The number of methoxy groups -OCH3 is 2. The summed E-state index contributed by atoms with van der Waals surface area (Å²) in [6, 6.07) is -0.723. The standard InChI is InChI=1S/C10H22N2O3/c1-6(2)8(11)9(13)12-7(3)10(14-4)15-5/h6-8,10H,11H2,1-5H3,(H,12,13). The topological polar surface area (TPSA) is 73.6 Å². The predicted molar refractivity (Wildman–Crippen MR) is 58.2 cm³/mol. The minimum atomic E-state index is -0.498. The van der Waals surface area contributed by atoms with Gasteiger partial charge < -0.3 is 20.5 Å². The Morgan fingerprint density at radius 3 is 2.00 bits per heavy atom. The van der Waals surface area contributed by atoms with E-state index in [0.717, 1.165) is 0 Å². The first kappa shape index (κ1) is 14.3. The fraction of sp³-hybridized carbons (Fsp3) is 0.900. The number of nitrogens with one attached hydrogen (secondary N) is 1. The molecule has 2 atom stereocenters. The second-order valence-electron chi connectivity index (χ2n) is 3.91. The molecule has 5 heteroatoms. The summed E-state index contributed by atoms with van der Waals surface area (Å²) < 4.78 is 10.0. The Morgan fingerprint density at radius 2 is 1.67 bits per heavy atom. The van der Waals surface area contributed by atoms with Crippen LogP contribution in [0.3, 0.4) is 0 Å². The van der Waals surface area contributed by atoms with Gasteiger partial charge in [0.25, 0.3) is 0 Å². The molecular formula is C10H22N2O3. The van der Waals surface area contributed by atoms with E-state index in [1.165, 1.54) is 14.2 Å². The minimum Gasteiger partial charge on any atom is -0.354 e. The van der Waals surface area contributed by atoms with Crippen LogP contribution in [0.15, 0.2) is 0 Å². The number of carbonyl (C=O) groups excluding carboxylic acids is 1. The van der Waals surface area contributed by atoms with Crippen LogP contribution in [-0.4, -0.2) is 38.5 Å². The van der Waals surface area contributed by atoms with Crippen LogP contribution in [0.25, 0.3) is 0 Å². The molecule has 0 spiro atoms. The summed E-state index contributed by atoms with van der Waals surface area (Å²) in [6.07, 6.45) is -0.451. The van der Waals surface area contributed by atoms with Gasteiger partial charge in [-0.25, -0.2) is 0 Å². The first-order valence-electron chi connectivity index (χ1n) is 5.05. The fourth-order valence-corrected chi connectivity index (χ4v) is 1.20. The average molecular weight is 218 g/mol. The molecule has 15 heavy (non-hydrogen) atoms. The molecule has 0 rings (SSSR count). The van der Waals surface area contributed by atoms with Gasteiger partial charge in [0.15, 0.2) is 6.29 Å². The molecule has 0 aliphatic heterocycles. The van der Waals surface area contributed by atoms with Crippen molar-refractivity contribution in [1.82, 2.24) is 5.32 Å². The van der Waals surface area contributed by atoms with Crippen LogP contribution in [-0.2, 0) is 14.3 Å². The molecule has 0 aliphatic rings. The van der Waals surface area contributed by atoms with Crippen molar-refractivity contribution in [1.29, 1.82) is 0 Å². The number of hydrogen-bond acceptors (Lipinski definition) is 4. The molecule has 0 aromatic carbocycles. The molecule has 0 aliphatic carbocycles. The highest BCUT2D eigenvalue weighted by Gasteiger charge is 2.22. The van der Waals surface area contributed by atoms with Gasteiger partial charge >= 0.3 is 0 Å². The zero-order valence-corrected chi connectivity index (χ0v) is 10.1. The zero-order chi connectivity index (χ0) is 12.0. The lowest BCUT2D eigenvalue weighted by Crippen LogP contribution is -2.51. The molecule has 0 radical (unpaired) electrons. The Balaban J connectivity index is 4.16. The van der Waals surface area contributed by atoms with E-state index in [0.29, 0.717) is 0 Å². The maximum atomic E-state index is 11.6. The summed E-state index contributed by atoms with van der Waals surface area (Å²) in [6.45, 7) is 5.61. The number of ether oxygens (including phenoxy) is 2. The number of hydrogen-bond donors (Lipinski definition) is 2. The highest BCUT2D eigenvalue weighted by Crippen LogP contribution is 2.02. The van der Waals surface area contributed by atoms with E-state index < -0.39 is 12.3 Å². The van der Waals surface area contributed by atoms with Gasteiger partial charge in [0, 0.05) is 14.2 Å². The van der Waals surface area contributed by atoms with Crippen LogP contribution >= 0.6 is 0 Å². The monoisotopic (exact) mass is 218 g/mol. The number of carbonyl (C=O) groups is 1. The maximum Gasteiger partial charge on any atom is 0.237 e. The van der Waals surface area contributed by atoms with Crippen molar-refractivity contribution in [2.45, 2.75) is 39.1 Å². The van der Waals surface area contributed by atoms with E-state index in [1.54, 1.807) is 0 Å². The van der Waals surface area contributed by atoms with E-state index in [2.05, 4.69) is 5.32 Å². The van der Waals surface area contributed by atoms with Gasteiger partial charge in [-0.15, -0.1) is 0 Å². The number of amides is 1. The molecular weight excluding hydrogens is 196 g/mol. The quantitative estimate of drug-likeness (QED) is 0.620. The molecule has 0 aromatic heterocycles. The van der Waals surface area contributed by atoms with Crippen LogP contribution in [0.5, 0.6) is 0 Å².